The summed E-state index contributed by atoms with van der Waals surface area (Å²) in [4.78, 5) is 24.3. The molecule has 0 saturated carbocycles. The van der Waals surface area contributed by atoms with E-state index in [-0.39, 0.29) is 12.2 Å². The number of benzene rings is 2. The van der Waals surface area contributed by atoms with E-state index in [1.165, 1.54) is 0 Å². The fraction of sp³-hybridized carbons (Fsp3) is 0.263. The molecule has 0 amide bonds. The number of carbonyl (C=O) groups is 2. The fourth-order valence-electron chi connectivity index (χ4n) is 2.61. The molecule has 1 fully saturated rings. The molecule has 0 aromatic heterocycles. The highest BCUT2D eigenvalue weighted by Gasteiger charge is 2.49. The Morgan fingerprint density at radius 2 is 1.52 bits per heavy atom. The van der Waals surface area contributed by atoms with Crippen molar-refractivity contribution in [2.45, 2.75) is 24.7 Å². The van der Waals surface area contributed by atoms with Gasteiger partial charge in [0.1, 0.15) is 29.0 Å². The molecule has 1 heterocycles. The molecule has 27 heavy (non-hydrogen) atoms. The van der Waals surface area contributed by atoms with Gasteiger partial charge in [-0.2, -0.15) is 0 Å². The lowest BCUT2D eigenvalue weighted by molar-refractivity contribution is -0.0944. The van der Waals surface area contributed by atoms with Crippen molar-refractivity contribution in [3.63, 3.8) is 0 Å². The molecule has 4 atom stereocenters. The zero-order chi connectivity index (χ0) is 19.2. The number of carbonyl (C=O) groups excluding carboxylic acids is 2. The van der Waals surface area contributed by atoms with Crippen molar-refractivity contribution in [3.8, 4) is 0 Å². The van der Waals surface area contributed by atoms with Crippen LogP contribution < -0.4 is 0 Å². The lowest BCUT2D eigenvalue weighted by Crippen LogP contribution is -2.37. The Labute approximate surface area is 163 Å². The van der Waals surface area contributed by atoms with Crippen LogP contribution in [-0.4, -0.2) is 43.2 Å². The SMILES string of the molecule is O=C(OC[C@@H]1O[C@H](OBr)[C@H](F)[C@H]1OC(=O)c1ccccc1)c1ccccc1. The quantitative estimate of drug-likeness (QED) is 0.643. The van der Waals surface area contributed by atoms with Crippen molar-refractivity contribution in [1.29, 1.82) is 0 Å². The predicted octanol–water partition coefficient (Wildman–Crippen LogP) is 3.46. The van der Waals surface area contributed by atoms with Crippen LogP contribution in [0.3, 0.4) is 0 Å². The van der Waals surface area contributed by atoms with Crippen LogP contribution in [0.4, 0.5) is 4.39 Å². The molecule has 0 N–H and O–H groups in total. The summed E-state index contributed by atoms with van der Waals surface area (Å²) in [5.74, 6) is -1.30. The van der Waals surface area contributed by atoms with Gasteiger partial charge >= 0.3 is 11.9 Å². The third kappa shape index (κ3) is 4.71. The molecule has 2 aromatic rings. The second-order valence-electron chi connectivity index (χ2n) is 5.78. The number of esters is 2. The van der Waals surface area contributed by atoms with Crippen LogP contribution in [0.15, 0.2) is 60.7 Å². The molecule has 3 rings (SSSR count). The van der Waals surface area contributed by atoms with Crippen molar-refractivity contribution in [3.05, 3.63) is 71.8 Å². The Balaban J connectivity index is 1.66. The first-order valence-electron chi connectivity index (χ1n) is 8.15. The van der Waals surface area contributed by atoms with Gasteiger partial charge in [-0.1, -0.05) is 36.4 Å². The lowest BCUT2D eigenvalue weighted by Gasteiger charge is -2.19. The van der Waals surface area contributed by atoms with Gasteiger partial charge in [-0.3, -0.25) is 3.83 Å². The van der Waals surface area contributed by atoms with Crippen molar-refractivity contribution < 1.29 is 32.0 Å². The largest absolute Gasteiger partial charge is 0.459 e. The van der Waals surface area contributed by atoms with Gasteiger partial charge in [0.25, 0.3) is 0 Å². The van der Waals surface area contributed by atoms with E-state index in [1.54, 1.807) is 60.7 Å². The molecule has 1 aliphatic rings. The van der Waals surface area contributed by atoms with Crippen LogP contribution >= 0.6 is 16.3 Å². The third-order valence-corrected chi connectivity index (χ3v) is 4.35. The second-order valence-corrected chi connectivity index (χ2v) is 6.15. The lowest BCUT2D eigenvalue weighted by atomic mass is 10.1. The molecular weight excluding hydrogens is 423 g/mol. The van der Waals surface area contributed by atoms with Gasteiger partial charge in [0.2, 0.25) is 6.29 Å². The Kier molecular flexibility index (Phi) is 6.54. The number of ether oxygens (including phenoxy) is 3. The molecule has 1 saturated heterocycles. The minimum atomic E-state index is -1.75. The zero-order valence-corrected chi connectivity index (χ0v) is 15.6. The number of alkyl halides is 1. The first kappa shape index (κ1) is 19.5. The molecular formula is C19H16BrFO6. The van der Waals surface area contributed by atoms with Gasteiger partial charge in [-0.15, -0.1) is 0 Å². The molecule has 142 valence electrons. The van der Waals surface area contributed by atoms with E-state index in [1.807, 2.05) is 0 Å². The number of rotatable bonds is 6. The van der Waals surface area contributed by atoms with Gasteiger partial charge in [-0.05, 0) is 24.3 Å². The second kappa shape index (κ2) is 9.07. The summed E-state index contributed by atoms with van der Waals surface area (Å²) in [5.41, 5.74) is 0.617. The smallest absolute Gasteiger partial charge is 0.338 e. The Morgan fingerprint density at radius 3 is 2.07 bits per heavy atom. The molecule has 0 bridgehead atoms. The van der Waals surface area contributed by atoms with Crippen LogP contribution in [0.25, 0.3) is 0 Å². The number of hydrogen-bond donors (Lipinski definition) is 0. The van der Waals surface area contributed by atoms with Crippen molar-refractivity contribution in [1.82, 2.24) is 0 Å². The first-order chi connectivity index (χ1) is 13.1. The normalized spacial score (nSPS) is 24.4. The van der Waals surface area contributed by atoms with E-state index >= 15 is 0 Å². The van der Waals surface area contributed by atoms with Gasteiger partial charge < -0.3 is 14.2 Å². The Hall–Kier alpha value is -2.29. The Bertz CT molecular complexity index is 772. The molecule has 2 aromatic carbocycles. The minimum absolute atomic E-state index is 0.271. The monoisotopic (exact) mass is 438 g/mol. The maximum absolute atomic E-state index is 14.5. The summed E-state index contributed by atoms with van der Waals surface area (Å²) in [5, 5.41) is 0. The van der Waals surface area contributed by atoms with Crippen LogP contribution in [0, 0.1) is 0 Å². The number of hydrogen-bond acceptors (Lipinski definition) is 6. The maximum Gasteiger partial charge on any atom is 0.338 e. The summed E-state index contributed by atoms with van der Waals surface area (Å²) in [7, 11) is 0. The van der Waals surface area contributed by atoms with Crippen molar-refractivity contribution >= 4 is 28.2 Å². The van der Waals surface area contributed by atoms with E-state index in [9.17, 15) is 14.0 Å². The predicted molar refractivity (Wildman–Crippen MR) is 95.9 cm³/mol. The van der Waals surface area contributed by atoms with E-state index in [0.717, 1.165) is 0 Å². The molecule has 0 aliphatic carbocycles. The summed E-state index contributed by atoms with van der Waals surface area (Å²) in [6.45, 7) is -0.298. The third-order valence-electron chi connectivity index (χ3n) is 3.98. The number of halogens is 2. The summed E-state index contributed by atoms with van der Waals surface area (Å²) in [6, 6.07) is 16.5. The first-order valence-corrected chi connectivity index (χ1v) is 8.80. The summed E-state index contributed by atoms with van der Waals surface area (Å²) >= 11 is 2.69. The van der Waals surface area contributed by atoms with Gasteiger partial charge in [0.15, 0.2) is 12.3 Å². The van der Waals surface area contributed by atoms with Crippen molar-refractivity contribution in [2.75, 3.05) is 6.61 Å². The molecule has 6 nitrogen and oxygen atoms in total. The van der Waals surface area contributed by atoms with E-state index in [2.05, 4.69) is 16.3 Å². The van der Waals surface area contributed by atoms with Crippen molar-refractivity contribution in [2.24, 2.45) is 0 Å². The molecule has 0 unspecified atom stereocenters. The average Bonchev–Trinajstić information content (AvgIpc) is 3.02. The Morgan fingerprint density at radius 1 is 0.963 bits per heavy atom. The fourth-order valence-corrected chi connectivity index (χ4v) is 2.91. The topological polar surface area (TPSA) is 71.1 Å². The minimum Gasteiger partial charge on any atom is -0.459 e. The molecule has 1 aliphatic heterocycles. The van der Waals surface area contributed by atoms with E-state index < -0.39 is 36.6 Å². The highest BCUT2D eigenvalue weighted by atomic mass is 79.9. The summed E-state index contributed by atoms with van der Waals surface area (Å²) in [6.07, 6.45) is -5.34. The molecule has 8 heteroatoms. The van der Waals surface area contributed by atoms with Gasteiger partial charge in [0.05, 0.1) is 11.1 Å². The molecule has 0 radical (unpaired) electrons. The van der Waals surface area contributed by atoms with Gasteiger partial charge in [0, 0.05) is 0 Å². The maximum atomic E-state index is 14.5. The zero-order valence-electron chi connectivity index (χ0n) is 14.0. The highest BCUT2D eigenvalue weighted by molar-refractivity contribution is 9.06. The summed E-state index contributed by atoms with van der Waals surface area (Å²) < 4.78 is 35.1. The molecule has 0 spiro atoms. The average molecular weight is 439 g/mol. The van der Waals surface area contributed by atoms with E-state index in [0.29, 0.717) is 5.56 Å². The van der Waals surface area contributed by atoms with Crippen LogP contribution in [0.2, 0.25) is 0 Å². The van der Waals surface area contributed by atoms with Crippen LogP contribution in [0.1, 0.15) is 20.7 Å². The van der Waals surface area contributed by atoms with Crippen LogP contribution in [0.5, 0.6) is 0 Å². The van der Waals surface area contributed by atoms with Gasteiger partial charge in [-0.25, -0.2) is 14.0 Å². The van der Waals surface area contributed by atoms with Crippen LogP contribution in [-0.2, 0) is 18.0 Å². The highest BCUT2D eigenvalue weighted by Crippen LogP contribution is 2.30. The van der Waals surface area contributed by atoms with E-state index in [4.69, 9.17) is 18.0 Å². The standard InChI is InChI=1S/C19H16BrFO6/c20-27-19-15(21)16(26-18(23)13-9-5-2-6-10-13)14(25-19)11-24-17(22)12-7-3-1-4-8-12/h1-10,14-16,19H,11H2/t14-,15+,16-,19+/m0/s1.